The Hall–Kier alpha value is -1.53. The fourth-order valence-electron chi connectivity index (χ4n) is 1.11. The quantitative estimate of drug-likeness (QED) is 0.251. The van der Waals surface area contributed by atoms with Crippen molar-refractivity contribution < 1.29 is 14.6 Å². The van der Waals surface area contributed by atoms with Gasteiger partial charge in [-0.1, -0.05) is 0 Å². The number of carbonyl (C=O) groups is 1. The van der Waals surface area contributed by atoms with Crippen molar-refractivity contribution in [1.29, 1.82) is 0 Å². The van der Waals surface area contributed by atoms with E-state index in [0.29, 0.717) is 31.1 Å². The molecule has 0 spiro atoms. The molecule has 1 fully saturated rings. The van der Waals surface area contributed by atoms with E-state index < -0.39 is 0 Å². The van der Waals surface area contributed by atoms with Crippen molar-refractivity contribution in [3.63, 3.8) is 0 Å². The summed E-state index contributed by atoms with van der Waals surface area (Å²) >= 11 is 0. The van der Waals surface area contributed by atoms with Gasteiger partial charge < -0.3 is 14.9 Å². The molecule has 0 N–H and O–H groups in total. The van der Waals surface area contributed by atoms with Gasteiger partial charge >= 0.3 is 0 Å². The van der Waals surface area contributed by atoms with Crippen LogP contribution in [-0.2, 0) is 9.63 Å². The number of piperazine rings is 1. The Balaban J connectivity index is 2.40. The molecule has 0 atom stereocenters. The van der Waals surface area contributed by atoms with Gasteiger partial charge in [-0.2, -0.15) is 0 Å². The molecule has 1 aliphatic rings. The van der Waals surface area contributed by atoms with Gasteiger partial charge in [-0.25, -0.2) is 0 Å². The molecule has 0 saturated carbocycles. The van der Waals surface area contributed by atoms with Crippen LogP contribution in [0.2, 0.25) is 0 Å². The van der Waals surface area contributed by atoms with Crippen LogP contribution in [0.4, 0.5) is 0 Å². The maximum Gasteiger partial charge on any atom is 0.232 e. The minimum absolute atomic E-state index is 0.405. The van der Waals surface area contributed by atoms with Crippen LogP contribution >= 0.6 is 0 Å². The fraction of sp³-hybridized carbons (Fsp3) is 0.833. The van der Waals surface area contributed by atoms with Gasteiger partial charge in [0.15, 0.2) is 0 Å². The molecule has 0 unspecified atom stereocenters. The minimum atomic E-state index is 0.405. The summed E-state index contributed by atoms with van der Waals surface area (Å²) in [5, 5.41) is 15.7. The van der Waals surface area contributed by atoms with Crippen molar-refractivity contribution in [3.05, 3.63) is 5.21 Å². The summed E-state index contributed by atoms with van der Waals surface area (Å²) in [7, 11) is 1.31. The SMILES string of the molecule is CO/N=[N+](\[O-])N1CCN(C=O)CC1. The van der Waals surface area contributed by atoms with E-state index in [1.165, 1.54) is 12.1 Å². The second kappa shape index (κ2) is 4.48. The Morgan fingerprint density at radius 2 is 2.08 bits per heavy atom. The molecule has 1 rings (SSSR count). The van der Waals surface area contributed by atoms with Crippen LogP contribution < -0.4 is 0 Å². The lowest BCUT2D eigenvalue weighted by Crippen LogP contribution is -2.48. The molecule has 0 aliphatic carbocycles. The van der Waals surface area contributed by atoms with Crippen molar-refractivity contribution in [2.45, 2.75) is 0 Å². The van der Waals surface area contributed by atoms with Gasteiger partial charge in [-0.3, -0.25) is 4.79 Å². The highest BCUT2D eigenvalue weighted by Gasteiger charge is 2.20. The van der Waals surface area contributed by atoms with Gasteiger partial charge in [0.1, 0.15) is 7.11 Å². The summed E-state index contributed by atoms with van der Waals surface area (Å²) in [6.45, 7) is 2.05. The van der Waals surface area contributed by atoms with Crippen LogP contribution in [0.5, 0.6) is 0 Å². The molecule has 1 saturated heterocycles. The highest BCUT2D eigenvalue weighted by molar-refractivity contribution is 5.47. The predicted molar refractivity (Wildman–Crippen MR) is 42.3 cm³/mol. The molecule has 1 aliphatic heterocycles. The van der Waals surface area contributed by atoms with Crippen molar-refractivity contribution in [2.75, 3.05) is 33.3 Å². The minimum Gasteiger partial charge on any atom is -0.569 e. The molecule has 13 heavy (non-hydrogen) atoms. The van der Waals surface area contributed by atoms with E-state index in [1.807, 2.05) is 0 Å². The summed E-state index contributed by atoms with van der Waals surface area (Å²) in [6.07, 6.45) is 0.778. The lowest BCUT2D eigenvalue weighted by molar-refractivity contribution is -0.711. The first-order chi connectivity index (χ1) is 6.27. The molecule has 74 valence electrons. The van der Waals surface area contributed by atoms with Crippen LogP contribution in [0.3, 0.4) is 0 Å². The normalized spacial score (nSPS) is 18.7. The van der Waals surface area contributed by atoms with E-state index in [2.05, 4.69) is 10.1 Å². The molecule has 0 radical (unpaired) electrons. The number of carbonyl (C=O) groups excluding carboxylic acids is 1. The summed E-state index contributed by atoms with van der Waals surface area (Å²) in [6, 6.07) is 0. The topological polar surface area (TPSA) is 71.2 Å². The molecule has 1 amide bonds. The number of amides is 1. The van der Waals surface area contributed by atoms with Gasteiger partial charge in [0.2, 0.25) is 11.7 Å². The average Bonchev–Trinajstić information content (AvgIpc) is 2.18. The maximum atomic E-state index is 11.0. The van der Waals surface area contributed by atoms with Gasteiger partial charge in [0, 0.05) is 13.1 Å². The zero-order chi connectivity index (χ0) is 9.68. The van der Waals surface area contributed by atoms with E-state index in [0.717, 1.165) is 6.41 Å². The number of nitrogens with zero attached hydrogens (tertiary/aromatic N) is 4. The standard InChI is InChI=1S/C6H12N4O3/c1-13-7-10(12)9-4-2-8(6-11)3-5-9/h6H,2-5H2,1H3/b10-7-. The lowest BCUT2D eigenvalue weighted by atomic mass is 10.4. The van der Waals surface area contributed by atoms with Crippen LogP contribution in [0, 0.1) is 5.21 Å². The predicted octanol–water partition coefficient (Wildman–Crippen LogP) is -0.801. The first kappa shape index (κ1) is 9.56. The molecule has 0 aromatic carbocycles. The van der Waals surface area contributed by atoms with Crippen molar-refractivity contribution in [1.82, 2.24) is 9.91 Å². The first-order valence-corrected chi connectivity index (χ1v) is 3.93. The monoisotopic (exact) mass is 188 g/mol. The average molecular weight is 188 g/mol. The van der Waals surface area contributed by atoms with Gasteiger partial charge in [-0.15, -0.1) is 5.01 Å². The molecule has 0 bridgehead atoms. The Morgan fingerprint density at radius 1 is 1.46 bits per heavy atom. The van der Waals surface area contributed by atoms with E-state index in [1.54, 1.807) is 4.90 Å². The van der Waals surface area contributed by atoms with Crippen LogP contribution in [0.15, 0.2) is 5.28 Å². The lowest BCUT2D eigenvalue weighted by Gasteiger charge is -2.28. The van der Waals surface area contributed by atoms with E-state index >= 15 is 0 Å². The number of hydrogen-bond donors (Lipinski definition) is 0. The molecular formula is C6H12N4O3. The Kier molecular flexibility index (Phi) is 3.30. The van der Waals surface area contributed by atoms with Crippen molar-refractivity contribution >= 4 is 6.41 Å². The maximum absolute atomic E-state index is 11.0. The van der Waals surface area contributed by atoms with Crippen LogP contribution in [-0.4, -0.2) is 54.6 Å². The summed E-state index contributed by atoms with van der Waals surface area (Å²) in [4.78, 5) is 16.7. The summed E-state index contributed by atoms with van der Waals surface area (Å²) in [5.41, 5.74) is 0. The number of hydrazine groups is 1. The third kappa shape index (κ3) is 2.46. The zero-order valence-electron chi connectivity index (χ0n) is 7.42. The Labute approximate surface area is 75.7 Å². The van der Waals surface area contributed by atoms with E-state index in [-0.39, 0.29) is 0 Å². The van der Waals surface area contributed by atoms with Gasteiger partial charge in [-0.05, 0) is 0 Å². The van der Waals surface area contributed by atoms with Crippen LogP contribution in [0.25, 0.3) is 0 Å². The molecule has 1 heterocycles. The summed E-state index contributed by atoms with van der Waals surface area (Å²) in [5.74, 6) is 0. The molecular weight excluding hydrogens is 176 g/mol. The van der Waals surface area contributed by atoms with Crippen LogP contribution in [0.1, 0.15) is 0 Å². The number of hydrogen-bond acceptors (Lipinski definition) is 4. The highest BCUT2D eigenvalue weighted by Crippen LogP contribution is 1.99. The number of rotatable bonds is 3. The van der Waals surface area contributed by atoms with Gasteiger partial charge in [0.05, 0.1) is 18.1 Å². The molecule has 0 aromatic heterocycles. The van der Waals surface area contributed by atoms with Crippen molar-refractivity contribution in [3.8, 4) is 0 Å². The largest absolute Gasteiger partial charge is 0.569 e. The molecule has 0 aromatic rings. The first-order valence-electron chi connectivity index (χ1n) is 3.93. The zero-order valence-corrected chi connectivity index (χ0v) is 7.42. The summed E-state index contributed by atoms with van der Waals surface area (Å²) < 4.78 is 0. The Bertz CT molecular complexity index is 200. The third-order valence-electron chi connectivity index (χ3n) is 1.83. The molecule has 7 nitrogen and oxygen atoms in total. The van der Waals surface area contributed by atoms with Crippen molar-refractivity contribution in [2.24, 2.45) is 5.28 Å². The van der Waals surface area contributed by atoms with E-state index in [9.17, 15) is 10.0 Å². The Morgan fingerprint density at radius 3 is 2.54 bits per heavy atom. The fourth-order valence-corrected chi connectivity index (χ4v) is 1.11. The smallest absolute Gasteiger partial charge is 0.232 e. The highest BCUT2D eigenvalue weighted by atomic mass is 16.7. The van der Waals surface area contributed by atoms with Gasteiger partial charge in [0.25, 0.3) is 0 Å². The second-order valence-electron chi connectivity index (χ2n) is 2.61. The third-order valence-corrected chi connectivity index (χ3v) is 1.83. The second-order valence-corrected chi connectivity index (χ2v) is 2.61. The molecule has 7 heteroatoms. The van der Waals surface area contributed by atoms with E-state index in [4.69, 9.17) is 0 Å².